The topological polar surface area (TPSA) is 130 Å². The molecule has 10 heteroatoms. The van der Waals surface area contributed by atoms with Gasteiger partial charge in [0, 0.05) is 24.5 Å². The van der Waals surface area contributed by atoms with Crippen LogP contribution in [0.2, 0.25) is 0 Å². The Morgan fingerprint density at radius 3 is 2.71 bits per heavy atom. The van der Waals surface area contributed by atoms with E-state index in [1.807, 2.05) is 25.3 Å². The summed E-state index contributed by atoms with van der Waals surface area (Å²) in [6.45, 7) is 3.31. The maximum Gasteiger partial charge on any atom is 0.324 e. The molecular formula is C24H27N7O3. The van der Waals surface area contributed by atoms with E-state index in [0.29, 0.717) is 35.8 Å². The molecule has 34 heavy (non-hydrogen) atoms. The third-order valence-corrected chi connectivity index (χ3v) is 5.62. The van der Waals surface area contributed by atoms with Gasteiger partial charge in [-0.25, -0.2) is 9.78 Å². The molecule has 0 radical (unpaired) electrons. The number of aryl methyl sites for hydroxylation is 1. The summed E-state index contributed by atoms with van der Waals surface area (Å²) in [5.41, 5.74) is 2.26. The fourth-order valence-electron chi connectivity index (χ4n) is 3.91. The predicted octanol–water partition coefficient (Wildman–Crippen LogP) is 2.54. The molecule has 176 valence electrons. The molecule has 1 fully saturated rings. The number of pyridine rings is 1. The van der Waals surface area contributed by atoms with E-state index >= 15 is 0 Å². The molecule has 10 nitrogen and oxygen atoms in total. The van der Waals surface area contributed by atoms with E-state index in [1.54, 1.807) is 30.6 Å². The number of nitrogens with one attached hydrogen (secondary N) is 4. The number of aromatic nitrogens is 3. The number of nitrogens with zero attached hydrogens (tertiary/aromatic N) is 3. The van der Waals surface area contributed by atoms with Crippen LogP contribution in [0, 0.1) is 6.92 Å². The fraction of sp³-hybridized carbons (Fsp3) is 0.292. The van der Waals surface area contributed by atoms with Crippen LogP contribution < -0.4 is 26.0 Å². The van der Waals surface area contributed by atoms with Crippen molar-refractivity contribution >= 4 is 23.4 Å². The van der Waals surface area contributed by atoms with Crippen molar-refractivity contribution in [1.29, 1.82) is 0 Å². The molecule has 1 aliphatic rings. The molecule has 4 rings (SSSR count). The van der Waals surface area contributed by atoms with E-state index in [0.717, 1.165) is 24.2 Å². The van der Waals surface area contributed by atoms with E-state index in [9.17, 15) is 9.59 Å². The number of carbonyl (C=O) groups is 2. The molecule has 1 saturated heterocycles. The molecule has 0 bridgehead atoms. The standard InChI is InChI=1S/C24H27N7O3/c1-16-12-28-21(14-27-16)30-23(33)29-19-6-5-18(10-20(19)34-2)22(32)31-24(7-9-26-15-24)11-17-4-3-8-25-13-17/h3-6,8,10,12-14,26H,7,9,11,15H2,1-2H3,(H,31,32)(H2,28,29,30,33)/t24-/m1/s1. The first kappa shape index (κ1) is 23.1. The number of hydrogen-bond donors (Lipinski definition) is 4. The summed E-state index contributed by atoms with van der Waals surface area (Å²) >= 11 is 0. The summed E-state index contributed by atoms with van der Waals surface area (Å²) < 4.78 is 5.42. The average Bonchev–Trinajstić information content (AvgIpc) is 3.29. The highest BCUT2D eigenvalue weighted by molar-refractivity contribution is 6.01. The van der Waals surface area contributed by atoms with E-state index in [4.69, 9.17) is 4.74 Å². The Bertz CT molecular complexity index is 1150. The lowest BCUT2D eigenvalue weighted by Crippen LogP contribution is -2.51. The molecule has 3 amide bonds. The minimum Gasteiger partial charge on any atom is -0.495 e. The van der Waals surface area contributed by atoms with Crippen LogP contribution in [-0.4, -0.2) is 52.6 Å². The van der Waals surface area contributed by atoms with Crippen molar-refractivity contribution in [2.75, 3.05) is 30.8 Å². The van der Waals surface area contributed by atoms with Gasteiger partial charge in [-0.1, -0.05) is 6.07 Å². The number of methoxy groups -OCH3 is 1. The van der Waals surface area contributed by atoms with Crippen molar-refractivity contribution < 1.29 is 14.3 Å². The number of urea groups is 1. The lowest BCUT2D eigenvalue weighted by molar-refractivity contribution is 0.0905. The van der Waals surface area contributed by atoms with Gasteiger partial charge in [0.05, 0.1) is 36.4 Å². The Labute approximate surface area is 197 Å². The maximum atomic E-state index is 13.1. The minimum absolute atomic E-state index is 0.211. The number of rotatable bonds is 7. The zero-order valence-corrected chi connectivity index (χ0v) is 19.1. The lowest BCUT2D eigenvalue weighted by atomic mass is 9.90. The molecule has 3 heterocycles. The molecule has 0 spiro atoms. The van der Waals surface area contributed by atoms with E-state index in [1.165, 1.54) is 13.3 Å². The Kier molecular flexibility index (Phi) is 6.98. The van der Waals surface area contributed by atoms with Crippen LogP contribution in [0.5, 0.6) is 5.75 Å². The van der Waals surface area contributed by atoms with E-state index < -0.39 is 11.6 Å². The molecule has 0 unspecified atom stereocenters. The second kappa shape index (κ2) is 10.3. The van der Waals surface area contributed by atoms with Crippen LogP contribution in [0.15, 0.2) is 55.1 Å². The van der Waals surface area contributed by atoms with Gasteiger partial charge in [0.1, 0.15) is 5.75 Å². The highest BCUT2D eigenvalue weighted by Crippen LogP contribution is 2.27. The van der Waals surface area contributed by atoms with Crippen molar-refractivity contribution in [2.24, 2.45) is 0 Å². The normalized spacial score (nSPS) is 17.1. The molecule has 3 aromatic rings. The highest BCUT2D eigenvalue weighted by atomic mass is 16.5. The SMILES string of the molecule is COc1cc(C(=O)N[C@@]2(Cc3cccnc3)CCNC2)ccc1NC(=O)Nc1cnc(C)cn1. The van der Waals surface area contributed by atoms with Crippen molar-refractivity contribution in [1.82, 2.24) is 25.6 Å². The minimum atomic E-state index is -0.499. The number of anilines is 2. The molecule has 1 atom stereocenters. The van der Waals surface area contributed by atoms with Gasteiger partial charge in [-0.3, -0.25) is 20.1 Å². The Hall–Kier alpha value is -4.05. The van der Waals surface area contributed by atoms with Crippen LogP contribution in [0.25, 0.3) is 0 Å². The van der Waals surface area contributed by atoms with Crippen LogP contribution in [0.4, 0.5) is 16.3 Å². The Morgan fingerprint density at radius 2 is 2.03 bits per heavy atom. The van der Waals surface area contributed by atoms with Crippen LogP contribution in [-0.2, 0) is 6.42 Å². The summed E-state index contributed by atoms with van der Waals surface area (Å²) in [5.74, 6) is 0.475. The van der Waals surface area contributed by atoms with Gasteiger partial charge in [-0.05, 0) is 56.1 Å². The van der Waals surface area contributed by atoms with Crippen molar-refractivity contribution in [3.8, 4) is 5.75 Å². The number of amides is 3. The molecule has 1 aromatic carbocycles. The summed E-state index contributed by atoms with van der Waals surface area (Å²) in [7, 11) is 1.48. The van der Waals surface area contributed by atoms with E-state index in [2.05, 4.69) is 36.2 Å². The largest absolute Gasteiger partial charge is 0.495 e. The van der Waals surface area contributed by atoms with Gasteiger partial charge in [0.2, 0.25) is 0 Å². The van der Waals surface area contributed by atoms with Gasteiger partial charge in [-0.2, -0.15) is 0 Å². The quantitative estimate of drug-likeness (QED) is 0.425. The van der Waals surface area contributed by atoms with Gasteiger partial charge in [-0.15, -0.1) is 0 Å². The van der Waals surface area contributed by atoms with Crippen LogP contribution in [0.3, 0.4) is 0 Å². The molecule has 0 saturated carbocycles. The first-order valence-electron chi connectivity index (χ1n) is 10.9. The summed E-state index contributed by atoms with van der Waals surface area (Å²) in [6, 6.07) is 8.30. The van der Waals surface area contributed by atoms with Gasteiger partial charge in [0.25, 0.3) is 5.91 Å². The monoisotopic (exact) mass is 461 g/mol. The average molecular weight is 462 g/mol. The zero-order chi connectivity index (χ0) is 24.0. The lowest BCUT2D eigenvalue weighted by Gasteiger charge is -2.30. The number of ether oxygens (including phenoxy) is 1. The Balaban J connectivity index is 1.45. The molecule has 4 N–H and O–H groups in total. The molecule has 0 aliphatic carbocycles. The third kappa shape index (κ3) is 5.65. The predicted molar refractivity (Wildman–Crippen MR) is 128 cm³/mol. The third-order valence-electron chi connectivity index (χ3n) is 5.62. The van der Waals surface area contributed by atoms with Gasteiger partial charge < -0.3 is 20.7 Å². The number of carbonyl (C=O) groups excluding carboxylic acids is 2. The summed E-state index contributed by atoms with van der Waals surface area (Å²) in [5, 5.41) is 11.9. The first-order valence-corrected chi connectivity index (χ1v) is 10.9. The Morgan fingerprint density at radius 1 is 1.15 bits per heavy atom. The highest BCUT2D eigenvalue weighted by Gasteiger charge is 2.36. The molecular weight excluding hydrogens is 434 g/mol. The van der Waals surface area contributed by atoms with E-state index in [-0.39, 0.29) is 5.91 Å². The first-order chi connectivity index (χ1) is 16.5. The second-order valence-corrected chi connectivity index (χ2v) is 8.24. The van der Waals surface area contributed by atoms with Gasteiger partial charge in [0.15, 0.2) is 5.82 Å². The van der Waals surface area contributed by atoms with Crippen molar-refractivity contribution in [3.63, 3.8) is 0 Å². The fourth-order valence-corrected chi connectivity index (χ4v) is 3.91. The van der Waals surface area contributed by atoms with Gasteiger partial charge >= 0.3 is 6.03 Å². The van der Waals surface area contributed by atoms with Crippen molar-refractivity contribution in [3.05, 3.63) is 71.9 Å². The molecule has 1 aliphatic heterocycles. The maximum absolute atomic E-state index is 13.1. The van der Waals surface area contributed by atoms with Crippen molar-refractivity contribution in [2.45, 2.75) is 25.3 Å². The summed E-state index contributed by atoms with van der Waals surface area (Å²) in [4.78, 5) is 37.9. The van der Waals surface area contributed by atoms with Crippen LogP contribution >= 0.6 is 0 Å². The smallest absolute Gasteiger partial charge is 0.324 e. The van der Waals surface area contributed by atoms with Crippen LogP contribution in [0.1, 0.15) is 28.0 Å². The molecule has 2 aromatic heterocycles. The second-order valence-electron chi connectivity index (χ2n) is 8.24. The zero-order valence-electron chi connectivity index (χ0n) is 19.1. The summed E-state index contributed by atoms with van der Waals surface area (Å²) in [6.07, 6.45) is 8.08. The number of benzene rings is 1. The number of hydrogen-bond acceptors (Lipinski definition) is 7.